The number of aliphatic hydroxyl groups is 2. The summed E-state index contributed by atoms with van der Waals surface area (Å²) in [7, 11) is 1.49. The molecule has 168 valence electrons. The van der Waals surface area contributed by atoms with E-state index in [-0.39, 0.29) is 11.9 Å². The third kappa shape index (κ3) is 7.07. The van der Waals surface area contributed by atoms with Crippen LogP contribution in [0.3, 0.4) is 0 Å². The second-order valence-corrected chi connectivity index (χ2v) is 8.60. The zero-order chi connectivity index (χ0) is 22.4. The van der Waals surface area contributed by atoms with Crippen LogP contribution in [0.4, 0.5) is 0 Å². The number of methoxy groups -OCH3 is 1. The van der Waals surface area contributed by atoms with Crippen LogP contribution in [0.5, 0.6) is 0 Å². The molecule has 0 amide bonds. The summed E-state index contributed by atoms with van der Waals surface area (Å²) < 4.78 is 15.2. The Hall–Kier alpha value is -1.96. The van der Waals surface area contributed by atoms with Crippen molar-refractivity contribution in [3.63, 3.8) is 0 Å². The summed E-state index contributed by atoms with van der Waals surface area (Å²) in [6.45, 7) is 5.43. The highest BCUT2D eigenvalue weighted by molar-refractivity contribution is 5.90. The Morgan fingerprint density at radius 1 is 1.47 bits per heavy atom. The molecule has 0 radical (unpaired) electrons. The number of ether oxygens (including phenoxy) is 3. The van der Waals surface area contributed by atoms with Crippen molar-refractivity contribution < 1.29 is 34.0 Å². The Labute approximate surface area is 178 Å². The van der Waals surface area contributed by atoms with Crippen molar-refractivity contribution in [1.82, 2.24) is 0 Å². The third-order valence-corrected chi connectivity index (χ3v) is 5.68. The molecule has 0 aromatic carbocycles. The van der Waals surface area contributed by atoms with E-state index in [0.29, 0.717) is 44.1 Å². The van der Waals surface area contributed by atoms with Gasteiger partial charge in [-0.1, -0.05) is 23.8 Å². The van der Waals surface area contributed by atoms with Crippen molar-refractivity contribution in [2.75, 3.05) is 7.11 Å². The van der Waals surface area contributed by atoms with E-state index >= 15 is 0 Å². The lowest BCUT2D eigenvalue weighted by Gasteiger charge is -2.30. The van der Waals surface area contributed by atoms with E-state index in [2.05, 4.69) is 6.08 Å². The third-order valence-electron chi connectivity index (χ3n) is 5.68. The topological polar surface area (TPSA) is 102 Å². The highest BCUT2D eigenvalue weighted by Gasteiger charge is 2.42. The second kappa shape index (κ2) is 10.4. The van der Waals surface area contributed by atoms with Gasteiger partial charge in [-0.2, -0.15) is 0 Å². The van der Waals surface area contributed by atoms with Crippen molar-refractivity contribution in [3.05, 3.63) is 35.5 Å². The standard InChI is InChI=1S/C23H34O7/c1-16(7-5-9-17-15-20(28-4)29-21(17)26)8-6-12-22(2,27)13-10-18(24)23(3)14-11-19(25)30-23/h6-7,12,15,18,20,24,27H,5,8-11,13-14H2,1-4H3/b12-6+,16-7+/t18-,20+,22-,23+/m1/s1. The second-order valence-electron chi connectivity index (χ2n) is 8.60. The zero-order valence-corrected chi connectivity index (χ0v) is 18.3. The van der Waals surface area contributed by atoms with Crippen molar-refractivity contribution in [1.29, 1.82) is 0 Å². The normalized spacial score (nSPS) is 27.7. The number of carbonyl (C=O) groups is 2. The van der Waals surface area contributed by atoms with Crippen LogP contribution in [0.1, 0.15) is 65.7 Å². The molecule has 1 fully saturated rings. The molecule has 2 rings (SSSR count). The van der Waals surface area contributed by atoms with Gasteiger partial charge in [-0.05, 0) is 65.4 Å². The first-order chi connectivity index (χ1) is 14.0. The smallest absolute Gasteiger partial charge is 0.336 e. The lowest BCUT2D eigenvalue weighted by Crippen LogP contribution is -2.40. The molecule has 4 atom stereocenters. The highest BCUT2D eigenvalue weighted by atomic mass is 16.7. The Bertz CT molecular complexity index is 719. The lowest BCUT2D eigenvalue weighted by molar-refractivity contribution is -0.157. The predicted molar refractivity (Wildman–Crippen MR) is 111 cm³/mol. The largest absolute Gasteiger partial charge is 0.457 e. The molecule has 0 bridgehead atoms. The number of aliphatic hydroxyl groups excluding tert-OH is 1. The van der Waals surface area contributed by atoms with Gasteiger partial charge in [-0.3, -0.25) is 4.79 Å². The fourth-order valence-corrected chi connectivity index (χ4v) is 3.57. The Morgan fingerprint density at radius 2 is 2.20 bits per heavy atom. The lowest BCUT2D eigenvalue weighted by atomic mass is 9.88. The van der Waals surface area contributed by atoms with Gasteiger partial charge in [0.05, 0.1) is 11.7 Å². The molecular weight excluding hydrogens is 388 g/mol. The summed E-state index contributed by atoms with van der Waals surface area (Å²) >= 11 is 0. The molecule has 2 aliphatic rings. The van der Waals surface area contributed by atoms with Crippen LogP contribution in [0.2, 0.25) is 0 Å². The van der Waals surface area contributed by atoms with Gasteiger partial charge in [0, 0.05) is 19.1 Å². The van der Waals surface area contributed by atoms with Gasteiger partial charge >= 0.3 is 11.9 Å². The van der Waals surface area contributed by atoms with Gasteiger partial charge in [0.25, 0.3) is 0 Å². The molecule has 7 nitrogen and oxygen atoms in total. The minimum absolute atomic E-state index is 0.287. The van der Waals surface area contributed by atoms with Gasteiger partial charge in [-0.15, -0.1) is 0 Å². The number of hydrogen-bond acceptors (Lipinski definition) is 7. The summed E-state index contributed by atoms with van der Waals surface area (Å²) in [6, 6.07) is 0. The van der Waals surface area contributed by atoms with Crippen molar-refractivity contribution >= 4 is 11.9 Å². The van der Waals surface area contributed by atoms with Crippen LogP contribution in [0.15, 0.2) is 35.5 Å². The summed E-state index contributed by atoms with van der Waals surface area (Å²) in [5, 5.41) is 20.9. The molecule has 2 heterocycles. The van der Waals surface area contributed by atoms with Crippen LogP contribution in [0, 0.1) is 0 Å². The molecule has 2 N–H and O–H groups in total. The number of allylic oxidation sites excluding steroid dienone is 3. The molecule has 1 saturated heterocycles. The summed E-state index contributed by atoms with van der Waals surface area (Å²) in [6.07, 6.45) is 9.52. The van der Waals surface area contributed by atoms with E-state index in [9.17, 15) is 19.8 Å². The van der Waals surface area contributed by atoms with Gasteiger partial charge in [-0.25, -0.2) is 4.79 Å². The minimum Gasteiger partial charge on any atom is -0.457 e. The molecule has 0 aliphatic carbocycles. The Morgan fingerprint density at radius 3 is 2.80 bits per heavy atom. The summed E-state index contributed by atoms with van der Waals surface area (Å²) in [5.74, 6) is -0.614. The first-order valence-electron chi connectivity index (χ1n) is 10.4. The molecule has 7 heteroatoms. The fourth-order valence-electron chi connectivity index (χ4n) is 3.57. The van der Waals surface area contributed by atoms with E-state index in [4.69, 9.17) is 14.2 Å². The number of cyclic esters (lactones) is 2. The predicted octanol–water partition coefficient (Wildman–Crippen LogP) is 3.10. The van der Waals surface area contributed by atoms with Crippen molar-refractivity contribution in [2.45, 2.75) is 89.3 Å². The average molecular weight is 423 g/mol. The van der Waals surface area contributed by atoms with Crippen LogP contribution in [-0.2, 0) is 23.8 Å². The molecule has 0 unspecified atom stereocenters. The quantitative estimate of drug-likeness (QED) is 0.390. The number of rotatable bonds is 11. The summed E-state index contributed by atoms with van der Waals surface area (Å²) in [5.41, 5.74) is -0.165. The first-order valence-corrected chi connectivity index (χ1v) is 10.4. The van der Waals surface area contributed by atoms with Crippen molar-refractivity contribution in [3.8, 4) is 0 Å². The highest BCUT2D eigenvalue weighted by Crippen LogP contribution is 2.32. The van der Waals surface area contributed by atoms with E-state index in [1.807, 2.05) is 13.0 Å². The SMILES string of the molecule is CO[C@@H]1C=C(CC/C=C(\C)C/C=C/[C@@](C)(O)CC[C@@H](O)[C@]2(C)CCC(=O)O2)C(=O)O1. The van der Waals surface area contributed by atoms with Crippen LogP contribution >= 0.6 is 0 Å². The number of esters is 2. The van der Waals surface area contributed by atoms with Crippen LogP contribution in [-0.4, -0.2) is 52.9 Å². The molecule has 0 aromatic rings. The number of hydrogen-bond donors (Lipinski definition) is 2. The van der Waals surface area contributed by atoms with Gasteiger partial charge < -0.3 is 24.4 Å². The van der Waals surface area contributed by atoms with E-state index in [1.165, 1.54) is 7.11 Å². The molecular formula is C23H34O7. The van der Waals surface area contributed by atoms with Gasteiger partial charge in [0.2, 0.25) is 6.29 Å². The average Bonchev–Trinajstić information content (AvgIpc) is 3.22. The van der Waals surface area contributed by atoms with E-state index in [0.717, 1.165) is 12.0 Å². The van der Waals surface area contributed by atoms with Gasteiger partial charge in [0.1, 0.15) is 5.60 Å². The van der Waals surface area contributed by atoms with Crippen LogP contribution in [0.25, 0.3) is 0 Å². The fraction of sp³-hybridized carbons (Fsp3) is 0.652. The monoisotopic (exact) mass is 422 g/mol. The zero-order valence-electron chi connectivity index (χ0n) is 18.3. The molecule has 0 aromatic heterocycles. The molecule has 0 spiro atoms. The summed E-state index contributed by atoms with van der Waals surface area (Å²) in [4.78, 5) is 23.0. The maximum absolute atomic E-state index is 11.7. The van der Waals surface area contributed by atoms with E-state index in [1.54, 1.807) is 26.0 Å². The molecule has 30 heavy (non-hydrogen) atoms. The van der Waals surface area contributed by atoms with E-state index < -0.39 is 23.6 Å². The maximum Gasteiger partial charge on any atom is 0.336 e. The Kier molecular flexibility index (Phi) is 8.41. The molecule has 0 saturated carbocycles. The first kappa shape index (κ1) is 24.3. The maximum atomic E-state index is 11.7. The molecule has 2 aliphatic heterocycles. The Balaban J connectivity index is 1.74. The van der Waals surface area contributed by atoms with Crippen molar-refractivity contribution in [2.24, 2.45) is 0 Å². The number of carbonyl (C=O) groups excluding carboxylic acids is 2. The minimum atomic E-state index is -1.06. The van der Waals surface area contributed by atoms with Gasteiger partial charge in [0.15, 0.2) is 0 Å². The van der Waals surface area contributed by atoms with Crippen LogP contribution < -0.4 is 0 Å².